The molecule has 2 aromatic rings. The van der Waals surface area contributed by atoms with E-state index in [4.69, 9.17) is 14.2 Å². The maximum Gasteiger partial charge on any atom is 0.323 e. The first-order valence-electron chi connectivity index (χ1n) is 8.60. The molecule has 0 saturated carbocycles. The number of esters is 2. The van der Waals surface area contributed by atoms with Gasteiger partial charge >= 0.3 is 11.9 Å². The number of ether oxygens (including phenoxy) is 3. The predicted molar refractivity (Wildman–Crippen MR) is 95.2 cm³/mol. The van der Waals surface area contributed by atoms with Crippen LogP contribution in [-0.4, -0.2) is 35.2 Å². The normalized spacial score (nSPS) is 16.6. The molecule has 1 fully saturated rings. The monoisotopic (exact) mass is 371 g/mol. The van der Waals surface area contributed by atoms with Gasteiger partial charge in [-0.3, -0.25) is 14.4 Å². The van der Waals surface area contributed by atoms with Gasteiger partial charge < -0.3 is 18.8 Å². The van der Waals surface area contributed by atoms with Gasteiger partial charge in [0.05, 0.1) is 12.8 Å². The highest BCUT2D eigenvalue weighted by molar-refractivity contribution is 6.08. The Kier molecular flexibility index (Phi) is 5.03. The molecule has 0 atom stereocenters. The van der Waals surface area contributed by atoms with Crippen LogP contribution in [0.5, 0.6) is 5.75 Å². The molecular formula is C20H21NO6. The van der Waals surface area contributed by atoms with Gasteiger partial charge in [0, 0.05) is 32.2 Å². The van der Waals surface area contributed by atoms with Gasteiger partial charge in [-0.05, 0) is 42.8 Å². The number of ketones is 1. The Morgan fingerprint density at radius 2 is 1.74 bits per heavy atom. The summed E-state index contributed by atoms with van der Waals surface area (Å²) in [6, 6.07) is 10.3. The van der Waals surface area contributed by atoms with Gasteiger partial charge in [-0.2, -0.15) is 0 Å². The molecule has 0 radical (unpaired) electrons. The number of cyclic esters (lactones) is 2. The van der Waals surface area contributed by atoms with Crippen molar-refractivity contribution in [3.63, 3.8) is 0 Å². The molecule has 1 saturated heterocycles. The van der Waals surface area contributed by atoms with E-state index in [0.717, 1.165) is 0 Å². The van der Waals surface area contributed by atoms with E-state index in [9.17, 15) is 14.4 Å². The Hall–Kier alpha value is -3.09. The Morgan fingerprint density at radius 3 is 2.33 bits per heavy atom. The lowest BCUT2D eigenvalue weighted by Crippen LogP contribution is -2.46. The van der Waals surface area contributed by atoms with Gasteiger partial charge in [0.25, 0.3) is 5.79 Å². The topological polar surface area (TPSA) is 83.8 Å². The highest BCUT2D eigenvalue weighted by atomic mass is 16.7. The fourth-order valence-corrected chi connectivity index (χ4v) is 2.95. The molecule has 1 aliphatic heterocycles. The Morgan fingerprint density at radius 1 is 1.11 bits per heavy atom. The van der Waals surface area contributed by atoms with Crippen molar-refractivity contribution >= 4 is 17.7 Å². The third-order valence-electron chi connectivity index (χ3n) is 4.33. The molecule has 7 nitrogen and oxygen atoms in total. The molecule has 1 aromatic carbocycles. The molecule has 0 N–H and O–H groups in total. The summed E-state index contributed by atoms with van der Waals surface area (Å²) >= 11 is 0. The van der Waals surface area contributed by atoms with Crippen molar-refractivity contribution in [2.45, 2.75) is 32.6 Å². The van der Waals surface area contributed by atoms with Gasteiger partial charge in [0.1, 0.15) is 5.75 Å². The van der Waals surface area contributed by atoms with Crippen molar-refractivity contribution < 1.29 is 28.6 Å². The predicted octanol–water partition coefficient (Wildman–Crippen LogP) is 2.57. The van der Waals surface area contributed by atoms with Gasteiger partial charge in [0.15, 0.2) is 5.92 Å². The average molecular weight is 371 g/mol. The van der Waals surface area contributed by atoms with Crippen LogP contribution < -0.4 is 4.74 Å². The van der Waals surface area contributed by atoms with Crippen LogP contribution >= 0.6 is 0 Å². The van der Waals surface area contributed by atoms with E-state index >= 15 is 0 Å². The quantitative estimate of drug-likeness (QED) is 0.441. The summed E-state index contributed by atoms with van der Waals surface area (Å²) in [7, 11) is 1.56. The average Bonchev–Trinajstić information content (AvgIpc) is 3.08. The molecule has 0 aliphatic carbocycles. The van der Waals surface area contributed by atoms with Crippen molar-refractivity contribution in [3.8, 4) is 5.75 Å². The number of carbonyl (C=O) groups excluding carboxylic acids is 3. The summed E-state index contributed by atoms with van der Waals surface area (Å²) in [4.78, 5) is 36.9. The van der Waals surface area contributed by atoms with Crippen LogP contribution in [0.3, 0.4) is 0 Å². The maximum absolute atomic E-state index is 12.7. The summed E-state index contributed by atoms with van der Waals surface area (Å²) in [5.74, 6) is -2.94. The third-order valence-corrected chi connectivity index (χ3v) is 4.33. The first-order chi connectivity index (χ1) is 12.8. The molecule has 0 bridgehead atoms. The van der Waals surface area contributed by atoms with E-state index < -0.39 is 23.6 Å². The van der Waals surface area contributed by atoms with Crippen LogP contribution in [0.2, 0.25) is 0 Å². The molecule has 1 aliphatic rings. The number of carbonyl (C=O) groups is 3. The second-order valence-electron chi connectivity index (χ2n) is 6.73. The summed E-state index contributed by atoms with van der Waals surface area (Å²) < 4.78 is 17.1. The van der Waals surface area contributed by atoms with Crippen LogP contribution in [0, 0.1) is 5.92 Å². The van der Waals surface area contributed by atoms with Crippen LogP contribution in [-0.2, 0) is 25.6 Å². The summed E-state index contributed by atoms with van der Waals surface area (Å²) in [5.41, 5.74) is 0.993. The third kappa shape index (κ3) is 4.02. The van der Waals surface area contributed by atoms with Crippen molar-refractivity contribution in [3.05, 3.63) is 53.9 Å². The Balaban J connectivity index is 1.71. The summed E-state index contributed by atoms with van der Waals surface area (Å²) in [6.45, 7) is 3.33. The highest BCUT2D eigenvalue weighted by Crippen LogP contribution is 2.26. The first-order valence-corrected chi connectivity index (χ1v) is 8.60. The van der Waals surface area contributed by atoms with Gasteiger partial charge in [0.2, 0.25) is 5.78 Å². The largest absolute Gasteiger partial charge is 0.497 e. The number of benzene rings is 1. The SMILES string of the molecule is COc1ccc(C(=O)c2cccn2CCC2C(=O)OC(C)(C)OC2=O)cc1. The lowest BCUT2D eigenvalue weighted by Gasteiger charge is -2.32. The molecule has 3 rings (SSSR count). The number of nitrogens with zero attached hydrogens (tertiary/aromatic N) is 1. The van der Waals surface area contributed by atoms with E-state index in [1.807, 2.05) is 0 Å². The lowest BCUT2D eigenvalue weighted by atomic mass is 10.0. The van der Waals surface area contributed by atoms with Crippen LogP contribution in [0.15, 0.2) is 42.6 Å². The first kappa shape index (κ1) is 18.7. The fourth-order valence-electron chi connectivity index (χ4n) is 2.95. The van der Waals surface area contributed by atoms with Crippen molar-refractivity contribution in [2.24, 2.45) is 5.92 Å². The molecular weight excluding hydrogens is 350 g/mol. The number of hydrogen-bond acceptors (Lipinski definition) is 6. The van der Waals surface area contributed by atoms with Gasteiger partial charge in [-0.1, -0.05) is 0 Å². The molecule has 0 amide bonds. The zero-order valence-electron chi connectivity index (χ0n) is 15.4. The smallest absolute Gasteiger partial charge is 0.323 e. The zero-order valence-corrected chi connectivity index (χ0v) is 15.4. The fraction of sp³-hybridized carbons (Fsp3) is 0.350. The Labute approximate surface area is 156 Å². The van der Waals surface area contributed by atoms with Crippen LogP contribution in [0.1, 0.15) is 36.3 Å². The van der Waals surface area contributed by atoms with Gasteiger partial charge in [-0.25, -0.2) is 0 Å². The minimum Gasteiger partial charge on any atom is -0.497 e. The van der Waals surface area contributed by atoms with Crippen molar-refractivity contribution in [2.75, 3.05) is 7.11 Å². The maximum atomic E-state index is 12.7. The molecule has 142 valence electrons. The lowest BCUT2D eigenvalue weighted by molar-refractivity contribution is -0.240. The van der Waals surface area contributed by atoms with E-state index in [1.54, 1.807) is 54.3 Å². The molecule has 1 aromatic heterocycles. The molecule has 0 spiro atoms. The summed E-state index contributed by atoms with van der Waals surface area (Å²) in [5, 5.41) is 0. The number of hydrogen-bond donors (Lipinski definition) is 0. The standard InChI is InChI=1S/C20H21NO6/c1-20(2)26-18(23)15(19(24)27-20)10-12-21-11-4-5-16(21)17(22)13-6-8-14(25-3)9-7-13/h4-9,11,15H,10,12H2,1-3H3. The Bertz CT molecular complexity index is 845. The molecule has 7 heteroatoms. The highest BCUT2D eigenvalue weighted by Gasteiger charge is 2.42. The van der Waals surface area contributed by atoms with Crippen molar-refractivity contribution in [1.82, 2.24) is 4.57 Å². The zero-order chi connectivity index (χ0) is 19.6. The van der Waals surface area contributed by atoms with Gasteiger partial charge in [-0.15, -0.1) is 0 Å². The van der Waals surface area contributed by atoms with E-state index in [-0.39, 0.29) is 12.2 Å². The molecule has 2 heterocycles. The van der Waals surface area contributed by atoms with Crippen LogP contribution in [0.4, 0.5) is 0 Å². The molecule has 0 unspecified atom stereocenters. The second kappa shape index (κ2) is 7.26. The van der Waals surface area contributed by atoms with Crippen molar-refractivity contribution in [1.29, 1.82) is 0 Å². The minimum absolute atomic E-state index is 0.155. The van der Waals surface area contributed by atoms with E-state index in [1.165, 1.54) is 13.8 Å². The number of methoxy groups -OCH3 is 1. The number of rotatable bonds is 6. The molecule has 27 heavy (non-hydrogen) atoms. The summed E-state index contributed by atoms with van der Waals surface area (Å²) in [6.07, 6.45) is 1.92. The van der Waals surface area contributed by atoms with E-state index in [2.05, 4.69) is 0 Å². The second-order valence-corrected chi connectivity index (χ2v) is 6.73. The number of aromatic nitrogens is 1. The van der Waals surface area contributed by atoms with E-state index in [0.29, 0.717) is 23.6 Å². The number of aryl methyl sites for hydroxylation is 1. The minimum atomic E-state index is -1.24. The van der Waals surface area contributed by atoms with Crippen LogP contribution in [0.25, 0.3) is 0 Å².